The maximum Gasteiger partial charge on any atom is 0.257 e. The molecule has 1 aliphatic rings. The topological polar surface area (TPSA) is 59.2 Å². The molecule has 0 unspecified atom stereocenters. The fourth-order valence-electron chi connectivity index (χ4n) is 2.93. The van der Waals surface area contributed by atoms with Gasteiger partial charge in [0.1, 0.15) is 5.82 Å². The third-order valence-corrected chi connectivity index (χ3v) is 4.40. The highest BCUT2D eigenvalue weighted by atomic mass is 19.1. The van der Waals surface area contributed by atoms with Gasteiger partial charge in [0, 0.05) is 32.0 Å². The molecular formula is C17H20FN3O2. The minimum atomic E-state index is -0.287. The molecule has 1 fully saturated rings. The molecule has 1 aliphatic heterocycles. The van der Waals surface area contributed by atoms with E-state index in [2.05, 4.69) is 10.1 Å². The van der Waals surface area contributed by atoms with Gasteiger partial charge in [0.25, 0.3) is 5.89 Å². The number of piperidine rings is 1. The predicted octanol–water partition coefficient (Wildman–Crippen LogP) is 3.07. The molecule has 0 spiro atoms. The number of halogens is 1. The Labute approximate surface area is 134 Å². The van der Waals surface area contributed by atoms with Gasteiger partial charge in [-0.25, -0.2) is 4.39 Å². The van der Waals surface area contributed by atoms with Gasteiger partial charge in [0.05, 0.1) is 0 Å². The summed E-state index contributed by atoms with van der Waals surface area (Å²) in [7, 11) is 0. The number of benzene rings is 1. The molecular weight excluding hydrogens is 297 g/mol. The summed E-state index contributed by atoms with van der Waals surface area (Å²) in [5.41, 5.74) is 0.722. The van der Waals surface area contributed by atoms with Crippen molar-refractivity contribution in [2.75, 3.05) is 13.1 Å². The molecule has 0 saturated carbocycles. The van der Waals surface area contributed by atoms with E-state index in [0.29, 0.717) is 17.6 Å². The Morgan fingerprint density at radius 1 is 1.30 bits per heavy atom. The number of carbonyl (C=O) groups excluding carboxylic acids is 1. The van der Waals surface area contributed by atoms with Gasteiger partial charge in [-0.3, -0.25) is 4.79 Å². The summed E-state index contributed by atoms with van der Waals surface area (Å²) in [6.45, 7) is 3.30. The third-order valence-electron chi connectivity index (χ3n) is 4.40. The van der Waals surface area contributed by atoms with Crippen molar-refractivity contribution in [1.82, 2.24) is 15.0 Å². The van der Waals surface area contributed by atoms with Gasteiger partial charge >= 0.3 is 0 Å². The van der Waals surface area contributed by atoms with Gasteiger partial charge in [-0.1, -0.05) is 5.16 Å². The first kappa shape index (κ1) is 15.6. The second kappa shape index (κ2) is 6.89. The van der Waals surface area contributed by atoms with Crippen LogP contribution in [0.4, 0.5) is 4.39 Å². The first-order valence-corrected chi connectivity index (χ1v) is 7.96. The summed E-state index contributed by atoms with van der Waals surface area (Å²) >= 11 is 0. The zero-order chi connectivity index (χ0) is 16.2. The first-order chi connectivity index (χ1) is 11.1. The van der Waals surface area contributed by atoms with E-state index in [4.69, 9.17) is 4.52 Å². The number of rotatable bonds is 4. The molecule has 1 saturated heterocycles. The lowest BCUT2D eigenvalue weighted by Gasteiger charge is -2.31. The minimum Gasteiger partial charge on any atom is -0.343 e. The Morgan fingerprint density at radius 3 is 2.65 bits per heavy atom. The van der Waals surface area contributed by atoms with E-state index >= 15 is 0 Å². The molecule has 0 radical (unpaired) electrons. The molecule has 5 nitrogen and oxygen atoms in total. The van der Waals surface area contributed by atoms with Crippen molar-refractivity contribution >= 4 is 5.91 Å². The summed E-state index contributed by atoms with van der Waals surface area (Å²) in [6, 6.07) is 6.01. The SMILES string of the molecule is CC(=O)N1CCC(CCc2noc(-c3ccc(F)cc3)n2)CC1. The molecule has 0 atom stereocenters. The van der Waals surface area contributed by atoms with Crippen LogP contribution in [-0.2, 0) is 11.2 Å². The Balaban J connectivity index is 1.52. The van der Waals surface area contributed by atoms with Crippen molar-refractivity contribution in [3.8, 4) is 11.5 Å². The van der Waals surface area contributed by atoms with Crippen LogP contribution >= 0.6 is 0 Å². The van der Waals surface area contributed by atoms with Crippen molar-refractivity contribution in [3.63, 3.8) is 0 Å². The van der Waals surface area contributed by atoms with Crippen LogP contribution in [0.3, 0.4) is 0 Å². The molecule has 2 heterocycles. The molecule has 0 bridgehead atoms. The Bertz CT molecular complexity index is 661. The van der Waals surface area contributed by atoms with Gasteiger partial charge in [-0.2, -0.15) is 4.98 Å². The molecule has 6 heteroatoms. The van der Waals surface area contributed by atoms with E-state index in [-0.39, 0.29) is 11.7 Å². The highest BCUT2D eigenvalue weighted by molar-refractivity contribution is 5.73. The molecule has 2 aromatic rings. The van der Waals surface area contributed by atoms with Gasteiger partial charge < -0.3 is 9.42 Å². The largest absolute Gasteiger partial charge is 0.343 e. The molecule has 1 aromatic heterocycles. The highest BCUT2D eigenvalue weighted by Crippen LogP contribution is 2.23. The van der Waals surface area contributed by atoms with Gasteiger partial charge in [-0.15, -0.1) is 0 Å². The number of aryl methyl sites for hydroxylation is 1. The Kier molecular flexibility index (Phi) is 4.69. The summed E-state index contributed by atoms with van der Waals surface area (Å²) in [5, 5.41) is 4.00. The summed E-state index contributed by atoms with van der Waals surface area (Å²) in [4.78, 5) is 17.6. The monoisotopic (exact) mass is 317 g/mol. The number of likely N-dealkylation sites (tertiary alicyclic amines) is 1. The second-order valence-electron chi connectivity index (χ2n) is 6.01. The van der Waals surface area contributed by atoms with E-state index in [1.165, 1.54) is 12.1 Å². The second-order valence-corrected chi connectivity index (χ2v) is 6.01. The van der Waals surface area contributed by atoms with Gasteiger partial charge in [-0.05, 0) is 49.4 Å². The first-order valence-electron chi connectivity index (χ1n) is 7.96. The maximum absolute atomic E-state index is 12.9. The van der Waals surface area contributed by atoms with Crippen molar-refractivity contribution in [1.29, 1.82) is 0 Å². The molecule has 0 aliphatic carbocycles. The van der Waals surface area contributed by atoms with Crippen LogP contribution in [0.15, 0.2) is 28.8 Å². The number of hydrogen-bond acceptors (Lipinski definition) is 4. The van der Waals surface area contributed by atoms with E-state index in [1.807, 2.05) is 4.90 Å². The van der Waals surface area contributed by atoms with Gasteiger partial charge in [0.2, 0.25) is 5.91 Å². The lowest BCUT2D eigenvalue weighted by Crippen LogP contribution is -2.37. The highest BCUT2D eigenvalue weighted by Gasteiger charge is 2.21. The van der Waals surface area contributed by atoms with E-state index in [0.717, 1.165) is 44.3 Å². The molecule has 1 amide bonds. The number of nitrogens with zero attached hydrogens (tertiary/aromatic N) is 3. The average molecular weight is 317 g/mol. The normalized spacial score (nSPS) is 15.8. The zero-order valence-corrected chi connectivity index (χ0v) is 13.2. The molecule has 122 valence electrons. The quantitative estimate of drug-likeness (QED) is 0.869. The number of amides is 1. The molecule has 0 N–H and O–H groups in total. The van der Waals surface area contributed by atoms with Crippen LogP contribution in [0.1, 0.15) is 32.0 Å². The van der Waals surface area contributed by atoms with Crippen molar-refractivity contribution < 1.29 is 13.7 Å². The third kappa shape index (κ3) is 3.94. The average Bonchev–Trinajstić information content (AvgIpc) is 3.03. The fourth-order valence-corrected chi connectivity index (χ4v) is 2.93. The lowest BCUT2D eigenvalue weighted by atomic mass is 9.92. The smallest absolute Gasteiger partial charge is 0.257 e. The summed E-state index contributed by atoms with van der Waals surface area (Å²) < 4.78 is 18.2. The Morgan fingerprint density at radius 2 is 2.00 bits per heavy atom. The van der Waals surface area contributed by atoms with Gasteiger partial charge in [0.15, 0.2) is 5.82 Å². The zero-order valence-electron chi connectivity index (χ0n) is 13.2. The fraction of sp³-hybridized carbons (Fsp3) is 0.471. The van der Waals surface area contributed by atoms with Crippen LogP contribution in [0, 0.1) is 11.7 Å². The number of hydrogen-bond donors (Lipinski definition) is 0. The molecule has 23 heavy (non-hydrogen) atoms. The number of carbonyl (C=O) groups is 1. The molecule has 1 aromatic carbocycles. The van der Waals surface area contributed by atoms with Crippen molar-refractivity contribution in [3.05, 3.63) is 35.9 Å². The van der Waals surface area contributed by atoms with E-state index < -0.39 is 0 Å². The van der Waals surface area contributed by atoms with E-state index in [1.54, 1.807) is 19.1 Å². The maximum atomic E-state index is 12.9. The minimum absolute atomic E-state index is 0.158. The molecule has 3 rings (SSSR count). The summed E-state index contributed by atoms with van der Waals surface area (Å²) in [6.07, 6.45) is 3.81. The van der Waals surface area contributed by atoms with Crippen LogP contribution < -0.4 is 0 Å². The van der Waals surface area contributed by atoms with E-state index in [9.17, 15) is 9.18 Å². The summed E-state index contributed by atoms with van der Waals surface area (Å²) in [5.74, 6) is 1.57. The predicted molar refractivity (Wildman–Crippen MR) is 83.0 cm³/mol. The Hall–Kier alpha value is -2.24. The van der Waals surface area contributed by atoms with Crippen LogP contribution in [-0.4, -0.2) is 34.0 Å². The van der Waals surface area contributed by atoms with Crippen molar-refractivity contribution in [2.45, 2.75) is 32.6 Å². The lowest BCUT2D eigenvalue weighted by molar-refractivity contribution is -0.130. The van der Waals surface area contributed by atoms with Crippen LogP contribution in [0.2, 0.25) is 0 Å². The van der Waals surface area contributed by atoms with Crippen LogP contribution in [0.25, 0.3) is 11.5 Å². The standard InChI is InChI=1S/C17H20FN3O2/c1-12(22)21-10-8-13(9-11-21)2-7-16-19-17(23-20-16)14-3-5-15(18)6-4-14/h3-6,13H,2,7-11H2,1H3. The van der Waals surface area contributed by atoms with Crippen molar-refractivity contribution in [2.24, 2.45) is 5.92 Å². The van der Waals surface area contributed by atoms with Crippen LogP contribution in [0.5, 0.6) is 0 Å². The number of aromatic nitrogens is 2.